The number of amides is 4. The van der Waals surface area contributed by atoms with Crippen molar-refractivity contribution in [3.8, 4) is 33.8 Å². The third kappa shape index (κ3) is 6.20. The molecule has 0 unspecified atom stereocenters. The minimum Gasteiger partial charge on any atom is -0.423 e. The SMILES string of the molecule is O=C(Oc1ccc(OC(=O)c2ccc3c(c2)C(=O)N(c2ccccc2-c2ccccc2)C3=O)cc1)c1ccc2c(c1)C(=O)N(c1ccccc1-c1ccccc1)C2=O. The fraction of sp³-hybridized carbons (Fsp3) is 0. The first kappa shape index (κ1) is 35.5. The number of benzene rings is 7. The van der Waals surface area contributed by atoms with Crippen molar-refractivity contribution in [3.05, 3.63) is 203 Å². The van der Waals surface area contributed by atoms with E-state index in [1.165, 1.54) is 60.7 Å². The molecule has 0 atom stereocenters. The van der Waals surface area contributed by atoms with Gasteiger partial charge < -0.3 is 9.47 Å². The Morgan fingerprint density at radius 2 is 0.690 bits per heavy atom. The molecule has 0 aromatic heterocycles. The summed E-state index contributed by atoms with van der Waals surface area (Å²) in [5, 5.41) is 0. The fourth-order valence-electron chi connectivity index (χ4n) is 7.14. The largest absolute Gasteiger partial charge is 0.423 e. The van der Waals surface area contributed by atoms with Gasteiger partial charge in [0.2, 0.25) is 0 Å². The number of esters is 2. The van der Waals surface area contributed by atoms with Crippen molar-refractivity contribution in [3.63, 3.8) is 0 Å². The Bertz CT molecular complexity index is 2660. The number of carbonyl (C=O) groups excluding carboxylic acids is 6. The molecule has 0 spiro atoms. The highest BCUT2D eigenvalue weighted by Crippen LogP contribution is 2.38. The van der Waals surface area contributed by atoms with Crippen molar-refractivity contribution in [1.29, 1.82) is 0 Å². The summed E-state index contributed by atoms with van der Waals surface area (Å²) in [4.78, 5) is 82.9. The average Bonchev–Trinajstić information content (AvgIpc) is 3.67. The van der Waals surface area contributed by atoms with Gasteiger partial charge in [0.1, 0.15) is 11.5 Å². The van der Waals surface area contributed by atoms with E-state index in [0.29, 0.717) is 22.5 Å². The first-order valence-corrected chi connectivity index (χ1v) is 18.2. The van der Waals surface area contributed by atoms with Crippen LogP contribution in [0.2, 0.25) is 0 Å². The van der Waals surface area contributed by atoms with E-state index in [1.54, 1.807) is 24.3 Å². The molecule has 0 bridgehead atoms. The molecule has 0 N–H and O–H groups in total. The van der Waals surface area contributed by atoms with Gasteiger partial charge in [0.05, 0.1) is 44.8 Å². The quantitative estimate of drug-likeness (QED) is 0.0853. The van der Waals surface area contributed by atoms with Crippen LogP contribution in [0.15, 0.2) is 170 Å². The predicted octanol–water partition coefficient (Wildman–Crippen LogP) is 9.06. The van der Waals surface area contributed by atoms with Gasteiger partial charge in [-0.3, -0.25) is 19.2 Å². The van der Waals surface area contributed by atoms with Crippen LogP contribution in [0.25, 0.3) is 22.3 Å². The van der Waals surface area contributed by atoms with Gasteiger partial charge in [0, 0.05) is 11.1 Å². The second-order valence-corrected chi connectivity index (χ2v) is 13.4. The van der Waals surface area contributed by atoms with Gasteiger partial charge in [-0.25, -0.2) is 19.4 Å². The molecule has 278 valence electrons. The lowest BCUT2D eigenvalue weighted by Gasteiger charge is -2.18. The predicted molar refractivity (Wildman–Crippen MR) is 215 cm³/mol. The topological polar surface area (TPSA) is 127 Å². The third-order valence-corrected chi connectivity index (χ3v) is 9.95. The van der Waals surface area contributed by atoms with E-state index in [1.807, 2.05) is 84.9 Å². The van der Waals surface area contributed by atoms with Gasteiger partial charge in [0.15, 0.2) is 0 Å². The molecule has 2 heterocycles. The number of rotatable bonds is 8. The highest BCUT2D eigenvalue weighted by molar-refractivity contribution is 6.36. The molecule has 0 saturated carbocycles. The van der Waals surface area contributed by atoms with Crippen LogP contribution in [0.5, 0.6) is 11.5 Å². The molecule has 10 heteroatoms. The lowest BCUT2D eigenvalue weighted by molar-refractivity contribution is 0.0719. The van der Waals surface area contributed by atoms with Gasteiger partial charge in [-0.05, 0) is 83.9 Å². The van der Waals surface area contributed by atoms with E-state index in [4.69, 9.17) is 9.47 Å². The number of fused-ring (bicyclic) bond motifs is 2. The van der Waals surface area contributed by atoms with Crippen molar-refractivity contribution >= 4 is 46.9 Å². The maximum absolute atomic E-state index is 13.7. The second-order valence-electron chi connectivity index (χ2n) is 13.4. The Balaban J connectivity index is 0.873. The van der Waals surface area contributed by atoms with E-state index >= 15 is 0 Å². The smallest absolute Gasteiger partial charge is 0.343 e. The zero-order valence-electron chi connectivity index (χ0n) is 30.3. The number of hydrogen-bond acceptors (Lipinski definition) is 8. The average molecular weight is 761 g/mol. The van der Waals surface area contributed by atoms with Crippen LogP contribution in [0.1, 0.15) is 62.1 Å². The molecule has 7 aromatic rings. The minimum absolute atomic E-state index is 0.0559. The Morgan fingerprint density at radius 3 is 1.09 bits per heavy atom. The molecule has 0 radical (unpaired) electrons. The van der Waals surface area contributed by atoms with E-state index in [0.717, 1.165) is 20.9 Å². The van der Waals surface area contributed by atoms with Crippen LogP contribution < -0.4 is 19.3 Å². The van der Waals surface area contributed by atoms with Crippen molar-refractivity contribution in [1.82, 2.24) is 0 Å². The molecule has 0 aliphatic carbocycles. The molecule has 9 rings (SSSR count). The summed E-state index contributed by atoms with van der Waals surface area (Å²) in [7, 11) is 0. The lowest BCUT2D eigenvalue weighted by Crippen LogP contribution is -2.29. The Hall–Kier alpha value is -8.24. The molecule has 58 heavy (non-hydrogen) atoms. The van der Waals surface area contributed by atoms with E-state index in [-0.39, 0.29) is 44.9 Å². The van der Waals surface area contributed by atoms with Crippen LogP contribution >= 0.6 is 0 Å². The van der Waals surface area contributed by atoms with Gasteiger partial charge in [0.25, 0.3) is 23.6 Å². The number of imide groups is 2. The molecular formula is C48H28N2O8. The number of nitrogens with zero attached hydrogens (tertiary/aromatic N) is 2. The molecule has 4 amide bonds. The second kappa shape index (κ2) is 14.4. The van der Waals surface area contributed by atoms with E-state index < -0.39 is 35.6 Å². The summed E-state index contributed by atoms with van der Waals surface area (Å²) in [6.45, 7) is 0. The minimum atomic E-state index is -0.770. The number of carbonyl (C=O) groups is 6. The first-order valence-electron chi connectivity index (χ1n) is 18.2. The van der Waals surface area contributed by atoms with Crippen LogP contribution in [0, 0.1) is 0 Å². The van der Waals surface area contributed by atoms with Gasteiger partial charge in [-0.2, -0.15) is 0 Å². The molecule has 7 aromatic carbocycles. The lowest BCUT2D eigenvalue weighted by atomic mass is 10.0. The molecule has 10 nitrogen and oxygen atoms in total. The number of hydrogen-bond donors (Lipinski definition) is 0. The fourth-order valence-corrected chi connectivity index (χ4v) is 7.14. The zero-order valence-corrected chi connectivity index (χ0v) is 30.3. The third-order valence-electron chi connectivity index (χ3n) is 9.95. The maximum atomic E-state index is 13.7. The summed E-state index contributed by atoms with van der Waals surface area (Å²) in [5.41, 5.74) is 4.54. The molecule has 0 fully saturated rings. The molecular weight excluding hydrogens is 733 g/mol. The highest BCUT2D eigenvalue weighted by atomic mass is 16.5. The summed E-state index contributed by atoms with van der Waals surface area (Å²) in [5.74, 6) is -3.40. The Labute approximate surface area is 331 Å². The number of anilines is 2. The van der Waals surface area contributed by atoms with Crippen molar-refractivity contribution in [2.75, 3.05) is 9.80 Å². The van der Waals surface area contributed by atoms with Crippen molar-refractivity contribution in [2.24, 2.45) is 0 Å². The van der Waals surface area contributed by atoms with Gasteiger partial charge >= 0.3 is 11.9 Å². The zero-order chi connectivity index (χ0) is 39.9. The van der Waals surface area contributed by atoms with Crippen molar-refractivity contribution in [2.45, 2.75) is 0 Å². The molecule has 2 aliphatic rings. The van der Waals surface area contributed by atoms with E-state index in [2.05, 4.69) is 0 Å². The van der Waals surface area contributed by atoms with Crippen LogP contribution in [0.4, 0.5) is 11.4 Å². The normalized spacial score (nSPS) is 13.0. The van der Waals surface area contributed by atoms with E-state index in [9.17, 15) is 28.8 Å². The van der Waals surface area contributed by atoms with Gasteiger partial charge in [-0.1, -0.05) is 97.1 Å². The summed E-state index contributed by atoms with van der Waals surface area (Å²) in [6.07, 6.45) is 0. The maximum Gasteiger partial charge on any atom is 0.343 e. The number of para-hydroxylation sites is 2. The molecule has 2 aliphatic heterocycles. The Morgan fingerprint density at radius 1 is 0.345 bits per heavy atom. The monoisotopic (exact) mass is 760 g/mol. The summed E-state index contributed by atoms with van der Waals surface area (Å²) in [6, 6.07) is 47.2. The van der Waals surface area contributed by atoms with Crippen LogP contribution in [-0.4, -0.2) is 35.6 Å². The number of ether oxygens (including phenoxy) is 2. The van der Waals surface area contributed by atoms with Crippen molar-refractivity contribution < 1.29 is 38.2 Å². The summed E-state index contributed by atoms with van der Waals surface area (Å²) < 4.78 is 11.1. The molecule has 0 saturated heterocycles. The van der Waals surface area contributed by atoms with Gasteiger partial charge in [-0.15, -0.1) is 0 Å². The van der Waals surface area contributed by atoms with Crippen LogP contribution in [0.3, 0.4) is 0 Å². The highest BCUT2D eigenvalue weighted by Gasteiger charge is 2.40. The van der Waals surface area contributed by atoms with Crippen LogP contribution in [-0.2, 0) is 0 Å². The first-order chi connectivity index (χ1) is 28.3. The standard InChI is InChI=1S/C48H28N2O8/c51-43-37-25-19-31(27-39(37)45(53)49(43)41-17-9-7-15-35(41)29-11-3-1-4-12-29)47(55)57-33-21-23-34(24-22-33)58-48(56)32-20-26-38-40(28-32)46(54)50(44(38)52)42-18-10-8-16-36(42)30-13-5-2-6-14-30/h1-28H. The summed E-state index contributed by atoms with van der Waals surface area (Å²) >= 11 is 0. The Kier molecular flexibility index (Phi) is 8.83.